The summed E-state index contributed by atoms with van der Waals surface area (Å²) in [5, 5.41) is 9.62. The Labute approximate surface area is 96.2 Å². The minimum Gasteiger partial charge on any atom is -0.396 e. The molecule has 1 saturated carbocycles. The summed E-state index contributed by atoms with van der Waals surface area (Å²) in [7, 11) is 0. The molecule has 1 N–H and O–H groups in total. The first-order valence-electron chi connectivity index (χ1n) is 5.98. The van der Waals surface area contributed by atoms with Crippen LogP contribution in [0, 0.1) is 12.3 Å². The molecule has 2 heteroatoms. The largest absolute Gasteiger partial charge is 0.396 e. The van der Waals surface area contributed by atoms with E-state index in [1.54, 1.807) is 0 Å². The molecule has 2 aliphatic rings. The van der Waals surface area contributed by atoms with Gasteiger partial charge in [-0.1, -0.05) is 29.8 Å². The quantitative estimate of drug-likeness (QED) is 0.841. The summed E-state index contributed by atoms with van der Waals surface area (Å²) in [5.74, 6) is 0. The predicted octanol–water partition coefficient (Wildman–Crippen LogP) is 2.04. The zero-order valence-corrected chi connectivity index (χ0v) is 9.70. The third-order valence-corrected chi connectivity index (χ3v) is 4.47. The van der Waals surface area contributed by atoms with Gasteiger partial charge in [0.25, 0.3) is 0 Å². The third-order valence-electron chi connectivity index (χ3n) is 4.47. The van der Waals surface area contributed by atoms with Crippen LogP contribution in [0.1, 0.15) is 24.0 Å². The van der Waals surface area contributed by atoms with Crippen LogP contribution in [0.4, 0.5) is 0 Å². The molecule has 0 unspecified atom stereocenters. The van der Waals surface area contributed by atoms with Crippen LogP contribution >= 0.6 is 0 Å². The van der Waals surface area contributed by atoms with E-state index in [1.807, 2.05) is 0 Å². The smallest absolute Gasteiger partial charge is 0.0591 e. The predicted molar refractivity (Wildman–Crippen MR) is 62.4 cm³/mol. The molecule has 1 heterocycles. The molecule has 1 aromatic carbocycles. The van der Waals surface area contributed by atoms with E-state index in [9.17, 15) is 5.11 Å². The number of ether oxygens (including phenoxy) is 1. The molecule has 2 nitrogen and oxygen atoms in total. The number of hydrogen-bond acceptors (Lipinski definition) is 2. The second kappa shape index (κ2) is 3.31. The fraction of sp³-hybridized carbons (Fsp3) is 0.571. The molecular weight excluding hydrogens is 200 g/mol. The molecule has 0 radical (unpaired) electrons. The van der Waals surface area contributed by atoms with Crippen LogP contribution in [-0.2, 0) is 10.2 Å². The van der Waals surface area contributed by atoms with Gasteiger partial charge in [0.05, 0.1) is 13.2 Å². The lowest BCUT2D eigenvalue weighted by Crippen LogP contribution is -2.54. The van der Waals surface area contributed by atoms with E-state index in [2.05, 4.69) is 31.2 Å². The number of aliphatic hydroxyl groups is 1. The molecule has 0 bridgehead atoms. The zero-order chi connectivity index (χ0) is 11.2. The van der Waals surface area contributed by atoms with Gasteiger partial charge in [-0.2, -0.15) is 0 Å². The Morgan fingerprint density at radius 1 is 1.19 bits per heavy atom. The minimum atomic E-state index is 0.0927. The SMILES string of the molecule is Cc1ccc(C2(C3(CO)CC3)COC2)cc1. The molecule has 86 valence electrons. The third kappa shape index (κ3) is 1.20. The summed E-state index contributed by atoms with van der Waals surface area (Å²) >= 11 is 0. The van der Waals surface area contributed by atoms with E-state index < -0.39 is 0 Å². The Bertz CT molecular complexity index is 386. The maximum Gasteiger partial charge on any atom is 0.0591 e. The Balaban J connectivity index is 1.99. The summed E-state index contributed by atoms with van der Waals surface area (Å²) in [6.07, 6.45) is 2.28. The standard InChI is InChI=1S/C14H18O2/c1-11-2-4-12(5-3-11)14(9-16-10-14)13(8-15)6-7-13/h2-5,15H,6-10H2,1H3. The summed E-state index contributed by atoms with van der Waals surface area (Å²) in [5.41, 5.74) is 2.83. The fourth-order valence-corrected chi connectivity index (χ4v) is 2.90. The molecule has 3 rings (SSSR count). The highest BCUT2D eigenvalue weighted by molar-refractivity contribution is 5.36. The molecule has 1 aliphatic heterocycles. The van der Waals surface area contributed by atoms with Crippen molar-refractivity contribution in [2.24, 2.45) is 5.41 Å². The molecule has 0 amide bonds. The van der Waals surface area contributed by atoms with Gasteiger partial charge in [0, 0.05) is 17.4 Å². The summed E-state index contributed by atoms with van der Waals surface area (Å²) < 4.78 is 5.44. The van der Waals surface area contributed by atoms with E-state index in [0.29, 0.717) is 6.61 Å². The molecular formula is C14H18O2. The van der Waals surface area contributed by atoms with Crippen molar-refractivity contribution in [1.29, 1.82) is 0 Å². The van der Waals surface area contributed by atoms with Gasteiger partial charge >= 0.3 is 0 Å². The summed E-state index contributed by atoms with van der Waals surface area (Å²) in [6.45, 7) is 3.95. The lowest BCUT2D eigenvalue weighted by Gasteiger charge is -2.48. The van der Waals surface area contributed by atoms with Crippen molar-refractivity contribution < 1.29 is 9.84 Å². The lowest BCUT2D eigenvalue weighted by molar-refractivity contribution is -0.110. The van der Waals surface area contributed by atoms with Gasteiger partial charge in [0.15, 0.2) is 0 Å². The highest BCUT2D eigenvalue weighted by Crippen LogP contribution is 2.62. The van der Waals surface area contributed by atoms with Crippen LogP contribution in [0.3, 0.4) is 0 Å². The monoisotopic (exact) mass is 218 g/mol. The van der Waals surface area contributed by atoms with Crippen molar-refractivity contribution in [3.63, 3.8) is 0 Å². The van der Waals surface area contributed by atoms with E-state index in [1.165, 1.54) is 11.1 Å². The Morgan fingerprint density at radius 2 is 1.81 bits per heavy atom. The second-order valence-corrected chi connectivity index (χ2v) is 5.38. The van der Waals surface area contributed by atoms with E-state index in [0.717, 1.165) is 26.1 Å². The minimum absolute atomic E-state index is 0.0927. The summed E-state index contributed by atoms with van der Waals surface area (Å²) in [6, 6.07) is 8.72. The van der Waals surface area contributed by atoms with Crippen molar-refractivity contribution in [2.45, 2.75) is 25.2 Å². The van der Waals surface area contributed by atoms with Gasteiger partial charge in [0.2, 0.25) is 0 Å². The van der Waals surface area contributed by atoms with Crippen LogP contribution < -0.4 is 0 Å². The molecule has 16 heavy (non-hydrogen) atoms. The van der Waals surface area contributed by atoms with Crippen LogP contribution in [-0.4, -0.2) is 24.9 Å². The van der Waals surface area contributed by atoms with Crippen molar-refractivity contribution in [3.8, 4) is 0 Å². The van der Waals surface area contributed by atoms with Gasteiger partial charge in [-0.25, -0.2) is 0 Å². The average Bonchev–Trinajstić information content (AvgIpc) is 3.01. The first-order valence-corrected chi connectivity index (χ1v) is 5.98. The number of aryl methyl sites for hydroxylation is 1. The van der Waals surface area contributed by atoms with Gasteiger partial charge in [-0.05, 0) is 25.3 Å². The molecule has 0 aromatic heterocycles. The molecule has 0 spiro atoms. The molecule has 0 atom stereocenters. The first kappa shape index (κ1) is 10.3. The molecule has 1 aliphatic carbocycles. The van der Waals surface area contributed by atoms with Crippen LogP contribution in [0.25, 0.3) is 0 Å². The molecule has 1 aromatic rings. The highest BCUT2D eigenvalue weighted by atomic mass is 16.5. The normalized spacial score (nSPS) is 24.9. The van der Waals surface area contributed by atoms with Crippen molar-refractivity contribution >= 4 is 0 Å². The van der Waals surface area contributed by atoms with E-state index in [4.69, 9.17) is 4.74 Å². The van der Waals surface area contributed by atoms with Crippen molar-refractivity contribution in [3.05, 3.63) is 35.4 Å². The average molecular weight is 218 g/mol. The molecule has 1 saturated heterocycles. The Morgan fingerprint density at radius 3 is 2.19 bits per heavy atom. The first-order chi connectivity index (χ1) is 7.72. The van der Waals surface area contributed by atoms with Gasteiger partial charge in [-0.3, -0.25) is 0 Å². The fourth-order valence-electron chi connectivity index (χ4n) is 2.90. The topological polar surface area (TPSA) is 29.5 Å². The van der Waals surface area contributed by atoms with Crippen molar-refractivity contribution in [1.82, 2.24) is 0 Å². The van der Waals surface area contributed by atoms with Gasteiger partial charge in [-0.15, -0.1) is 0 Å². The van der Waals surface area contributed by atoms with E-state index in [-0.39, 0.29) is 10.8 Å². The van der Waals surface area contributed by atoms with Gasteiger partial charge < -0.3 is 9.84 Å². The number of rotatable bonds is 3. The van der Waals surface area contributed by atoms with Crippen LogP contribution in [0.15, 0.2) is 24.3 Å². The lowest BCUT2D eigenvalue weighted by atomic mass is 9.66. The van der Waals surface area contributed by atoms with Crippen molar-refractivity contribution in [2.75, 3.05) is 19.8 Å². The number of hydrogen-bond donors (Lipinski definition) is 1. The van der Waals surface area contributed by atoms with E-state index >= 15 is 0 Å². The Kier molecular flexibility index (Phi) is 2.13. The summed E-state index contributed by atoms with van der Waals surface area (Å²) in [4.78, 5) is 0. The number of benzene rings is 1. The van der Waals surface area contributed by atoms with Crippen LogP contribution in [0.5, 0.6) is 0 Å². The molecule has 2 fully saturated rings. The zero-order valence-electron chi connectivity index (χ0n) is 9.70. The number of aliphatic hydroxyl groups excluding tert-OH is 1. The second-order valence-electron chi connectivity index (χ2n) is 5.38. The Hall–Kier alpha value is -0.860. The maximum atomic E-state index is 9.62. The van der Waals surface area contributed by atoms with Gasteiger partial charge in [0.1, 0.15) is 0 Å². The highest BCUT2D eigenvalue weighted by Gasteiger charge is 2.63. The van der Waals surface area contributed by atoms with Crippen LogP contribution in [0.2, 0.25) is 0 Å². The maximum absolute atomic E-state index is 9.62.